The minimum Gasteiger partial charge on any atom is -0.489 e. The van der Waals surface area contributed by atoms with E-state index in [1.165, 1.54) is 16.5 Å². The lowest BCUT2D eigenvalue weighted by Crippen LogP contribution is -2.52. The van der Waals surface area contributed by atoms with Crippen LogP contribution in [0, 0.1) is 5.82 Å². The molecule has 3 amide bonds. The number of fused-ring (bicyclic) bond motifs is 1. The van der Waals surface area contributed by atoms with Crippen LogP contribution in [0.2, 0.25) is 0 Å². The van der Waals surface area contributed by atoms with Crippen LogP contribution in [-0.2, 0) is 29.3 Å². The Balaban J connectivity index is 1.03. The molecule has 9 heteroatoms. The smallest absolute Gasteiger partial charge is 0.255 e. The molecule has 1 N–H and O–H groups in total. The zero-order valence-corrected chi connectivity index (χ0v) is 22.1. The van der Waals surface area contributed by atoms with Crippen LogP contribution in [0.5, 0.6) is 5.75 Å². The molecule has 3 heterocycles. The number of rotatable bonds is 7. The summed E-state index contributed by atoms with van der Waals surface area (Å²) in [5.74, 6) is -0.516. The van der Waals surface area contributed by atoms with E-state index in [0.29, 0.717) is 24.3 Å². The number of piperazine rings is 1. The molecule has 0 radical (unpaired) electrons. The Labute approximate surface area is 232 Å². The Kier molecular flexibility index (Phi) is 7.21. The molecular formula is C31H31FN4O4. The lowest BCUT2D eigenvalue weighted by molar-refractivity contribution is -0.136. The highest BCUT2D eigenvalue weighted by molar-refractivity contribution is 6.05. The standard InChI is InChI=1S/C31H31FN4O4/c32-23-3-1-4-24(17-23)35-15-13-34(14-16-35)18-21-7-9-22(10-8-21)20-40-28-6-2-5-25-26(28)19-36(31(25)39)27-11-12-29(37)33-30(27)38/h1-10,17,27H,11-16,18-20H2,(H,33,37,38). The predicted octanol–water partition coefficient (Wildman–Crippen LogP) is 3.49. The summed E-state index contributed by atoms with van der Waals surface area (Å²) < 4.78 is 19.7. The Morgan fingerprint density at radius 3 is 2.40 bits per heavy atom. The van der Waals surface area contributed by atoms with Crippen molar-refractivity contribution in [3.63, 3.8) is 0 Å². The fourth-order valence-electron chi connectivity index (χ4n) is 5.69. The number of imide groups is 1. The van der Waals surface area contributed by atoms with Gasteiger partial charge in [-0.3, -0.25) is 24.6 Å². The van der Waals surface area contributed by atoms with Crippen LogP contribution < -0.4 is 15.0 Å². The molecule has 3 aromatic rings. The number of nitrogens with one attached hydrogen (secondary N) is 1. The second-order valence-corrected chi connectivity index (χ2v) is 10.5. The number of amides is 3. The Morgan fingerprint density at radius 2 is 1.65 bits per heavy atom. The van der Waals surface area contributed by atoms with Gasteiger partial charge in [-0.2, -0.15) is 0 Å². The van der Waals surface area contributed by atoms with E-state index in [0.717, 1.165) is 49.5 Å². The molecule has 2 fully saturated rings. The number of ether oxygens (including phenoxy) is 1. The second-order valence-electron chi connectivity index (χ2n) is 10.5. The quantitative estimate of drug-likeness (QED) is 0.461. The summed E-state index contributed by atoms with van der Waals surface area (Å²) in [7, 11) is 0. The number of benzene rings is 3. The molecule has 2 saturated heterocycles. The number of nitrogens with zero attached hydrogens (tertiary/aromatic N) is 3. The maximum Gasteiger partial charge on any atom is 0.255 e. The Bertz CT molecular complexity index is 1440. The SMILES string of the molecule is O=C1CCC(N2Cc3c(OCc4ccc(CN5CCN(c6cccc(F)c6)CC5)cc4)cccc3C2=O)C(=O)N1. The summed E-state index contributed by atoms with van der Waals surface area (Å²) in [4.78, 5) is 43.1. The van der Waals surface area contributed by atoms with Gasteiger partial charge in [-0.05, 0) is 47.9 Å². The van der Waals surface area contributed by atoms with E-state index in [1.54, 1.807) is 24.3 Å². The van der Waals surface area contributed by atoms with Gasteiger partial charge in [-0.15, -0.1) is 0 Å². The molecular weight excluding hydrogens is 511 g/mol. The summed E-state index contributed by atoms with van der Waals surface area (Å²) in [6, 6.07) is 19.8. The topological polar surface area (TPSA) is 82.2 Å². The molecule has 0 spiro atoms. The van der Waals surface area contributed by atoms with Gasteiger partial charge in [0.15, 0.2) is 0 Å². The maximum absolute atomic E-state index is 13.6. The average Bonchev–Trinajstić information content (AvgIpc) is 3.29. The van der Waals surface area contributed by atoms with E-state index >= 15 is 0 Å². The van der Waals surface area contributed by atoms with Gasteiger partial charge in [0, 0.05) is 56.0 Å². The second kappa shape index (κ2) is 11.1. The first-order valence-electron chi connectivity index (χ1n) is 13.6. The molecule has 6 rings (SSSR count). The van der Waals surface area contributed by atoms with E-state index in [4.69, 9.17) is 4.74 Å². The molecule has 0 bridgehead atoms. The number of hydrogen-bond donors (Lipinski definition) is 1. The first-order valence-corrected chi connectivity index (χ1v) is 13.6. The molecule has 3 aromatic carbocycles. The average molecular weight is 543 g/mol. The lowest BCUT2D eigenvalue weighted by Gasteiger charge is -2.36. The molecule has 0 aliphatic carbocycles. The van der Waals surface area contributed by atoms with Crippen molar-refractivity contribution in [1.82, 2.24) is 15.1 Å². The first-order chi connectivity index (χ1) is 19.4. The number of halogens is 1. The van der Waals surface area contributed by atoms with Crippen molar-refractivity contribution >= 4 is 23.4 Å². The van der Waals surface area contributed by atoms with Crippen molar-refractivity contribution in [2.24, 2.45) is 0 Å². The normalized spacial score (nSPS) is 19.5. The van der Waals surface area contributed by atoms with Crippen molar-refractivity contribution in [1.29, 1.82) is 0 Å². The minimum atomic E-state index is -0.651. The van der Waals surface area contributed by atoms with E-state index in [-0.39, 0.29) is 30.6 Å². The van der Waals surface area contributed by atoms with Crippen molar-refractivity contribution < 1.29 is 23.5 Å². The summed E-state index contributed by atoms with van der Waals surface area (Å²) >= 11 is 0. The van der Waals surface area contributed by atoms with Crippen LogP contribution in [-0.4, -0.2) is 59.7 Å². The van der Waals surface area contributed by atoms with Gasteiger partial charge < -0.3 is 14.5 Å². The van der Waals surface area contributed by atoms with Crippen molar-refractivity contribution in [3.8, 4) is 5.75 Å². The molecule has 8 nitrogen and oxygen atoms in total. The third-order valence-corrected chi connectivity index (χ3v) is 7.91. The fraction of sp³-hybridized carbons (Fsp3) is 0.323. The third-order valence-electron chi connectivity index (χ3n) is 7.91. The van der Waals surface area contributed by atoms with Gasteiger partial charge in [-0.1, -0.05) is 36.4 Å². The highest BCUT2D eigenvalue weighted by Crippen LogP contribution is 2.34. The van der Waals surface area contributed by atoms with E-state index < -0.39 is 11.9 Å². The number of carbonyl (C=O) groups excluding carboxylic acids is 3. The van der Waals surface area contributed by atoms with Crippen LogP contribution in [0.15, 0.2) is 66.7 Å². The van der Waals surface area contributed by atoms with Gasteiger partial charge in [0.05, 0.1) is 6.54 Å². The molecule has 3 aliphatic heterocycles. The number of piperidine rings is 1. The minimum absolute atomic E-state index is 0.205. The van der Waals surface area contributed by atoms with Crippen molar-refractivity contribution in [3.05, 3.63) is 94.8 Å². The van der Waals surface area contributed by atoms with E-state index in [1.807, 2.05) is 12.1 Å². The van der Waals surface area contributed by atoms with Crippen LogP contribution in [0.1, 0.15) is 39.9 Å². The molecule has 1 atom stereocenters. The van der Waals surface area contributed by atoms with Crippen molar-refractivity contribution in [2.75, 3.05) is 31.1 Å². The van der Waals surface area contributed by atoms with E-state index in [2.05, 4.69) is 39.4 Å². The molecule has 3 aliphatic rings. The Morgan fingerprint density at radius 1 is 0.900 bits per heavy atom. The van der Waals surface area contributed by atoms with Crippen LogP contribution in [0.4, 0.5) is 10.1 Å². The lowest BCUT2D eigenvalue weighted by atomic mass is 10.0. The predicted molar refractivity (Wildman–Crippen MR) is 147 cm³/mol. The first kappa shape index (κ1) is 26.0. The summed E-state index contributed by atoms with van der Waals surface area (Å²) in [5.41, 5.74) is 4.47. The molecule has 206 valence electrons. The van der Waals surface area contributed by atoms with Gasteiger partial charge in [0.2, 0.25) is 11.8 Å². The molecule has 40 heavy (non-hydrogen) atoms. The molecule has 1 unspecified atom stereocenters. The highest BCUT2D eigenvalue weighted by Gasteiger charge is 2.40. The zero-order chi connectivity index (χ0) is 27.6. The zero-order valence-electron chi connectivity index (χ0n) is 22.1. The Hall–Kier alpha value is -4.24. The van der Waals surface area contributed by atoms with Crippen LogP contribution >= 0.6 is 0 Å². The van der Waals surface area contributed by atoms with Gasteiger partial charge >= 0.3 is 0 Å². The monoisotopic (exact) mass is 542 g/mol. The third kappa shape index (κ3) is 5.42. The summed E-state index contributed by atoms with van der Waals surface area (Å²) in [6.07, 6.45) is 0.552. The fourth-order valence-corrected chi connectivity index (χ4v) is 5.69. The molecule has 0 aromatic heterocycles. The largest absolute Gasteiger partial charge is 0.489 e. The van der Waals surface area contributed by atoms with Crippen LogP contribution in [0.3, 0.4) is 0 Å². The summed E-state index contributed by atoms with van der Waals surface area (Å²) in [6.45, 7) is 5.03. The van der Waals surface area contributed by atoms with Crippen molar-refractivity contribution in [2.45, 2.75) is 38.6 Å². The number of hydrogen-bond acceptors (Lipinski definition) is 6. The highest BCUT2D eigenvalue weighted by atomic mass is 19.1. The van der Waals surface area contributed by atoms with E-state index in [9.17, 15) is 18.8 Å². The van der Waals surface area contributed by atoms with Gasteiger partial charge in [0.1, 0.15) is 24.2 Å². The van der Waals surface area contributed by atoms with Gasteiger partial charge in [-0.25, -0.2) is 4.39 Å². The number of carbonyl (C=O) groups is 3. The van der Waals surface area contributed by atoms with Crippen LogP contribution in [0.25, 0.3) is 0 Å². The maximum atomic E-state index is 13.6. The number of anilines is 1. The molecule has 0 saturated carbocycles. The summed E-state index contributed by atoms with van der Waals surface area (Å²) in [5, 5.41) is 2.33. The van der Waals surface area contributed by atoms with Gasteiger partial charge in [0.25, 0.3) is 5.91 Å².